The van der Waals surface area contributed by atoms with Crippen molar-refractivity contribution in [3.63, 3.8) is 0 Å². The highest BCUT2D eigenvalue weighted by atomic mass is 19.4. The Kier molecular flexibility index (Phi) is 6.67. The first-order valence-electron chi connectivity index (χ1n) is 5.18. The molecule has 0 rings (SSSR count). The van der Waals surface area contributed by atoms with E-state index in [1.807, 2.05) is 0 Å². The van der Waals surface area contributed by atoms with Gasteiger partial charge < -0.3 is 9.47 Å². The topological polar surface area (TPSA) is 18.5 Å². The van der Waals surface area contributed by atoms with Crippen LogP contribution in [-0.2, 0) is 9.47 Å². The zero-order valence-corrected chi connectivity index (χ0v) is 10.1. The van der Waals surface area contributed by atoms with Crippen molar-refractivity contribution in [3.8, 4) is 0 Å². The maximum atomic E-state index is 12.4. The fourth-order valence-corrected chi connectivity index (χ4v) is 1.35. The second kappa shape index (κ2) is 6.91. The molecule has 1 unspecified atom stereocenters. The van der Waals surface area contributed by atoms with E-state index in [2.05, 4.69) is 0 Å². The minimum atomic E-state index is -4.25. The van der Waals surface area contributed by atoms with Crippen molar-refractivity contribution < 1.29 is 22.6 Å². The van der Waals surface area contributed by atoms with Crippen LogP contribution in [0, 0.1) is 0 Å². The molecule has 0 amide bonds. The van der Waals surface area contributed by atoms with E-state index in [9.17, 15) is 13.2 Å². The van der Waals surface area contributed by atoms with Crippen LogP contribution >= 0.6 is 0 Å². The minimum Gasteiger partial charge on any atom is -0.379 e. The van der Waals surface area contributed by atoms with Crippen LogP contribution in [0.4, 0.5) is 13.2 Å². The summed E-state index contributed by atoms with van der Waals surface area (Å²) < 4.78 is 47.3. The maximum Gasteiger partial charge on any atom is 0.412 e. The molecule has 5 heteroatoms. The Morgan fingerprint density at radius 1 is 1.25 bits per heavy atom. The summed E-state index contributed by atoms with van der Waals surface area (Å²) in [6.45, 7) is 3.25. The fraction of sp³-hybridized carbons (Fsp3) is 0.818. The van der Waals surface area contributed by atoms with Gasteiger partial charge in [-0.2, -0.15) is 13.2 Å². The number of halogens is 3. The van der Waals surface area contributed by atoms with Crippen LogP contribution in [-0.4, -0.2) is 32.6 Å². The predicted molar refractivity (Wildman–Crippen MR) is 56.3 cm³/mol. The molecule has 0 aromatic rings. The van der Waals surface area contributed by atoms with E-state index in [1.54, 1.807) is 6.92 Å². The molecule has 0 spiro atoms. The molecular weight excluding hydrogens is 221 g/mol. The lowest BCUT2D eigenvalue weighted by molar-refractivity contribution is -0.0943. The molecule has 0 aliphatic carbocycles. The summed E-state index contributed by atoms with van der Waals surface area (Å²) in [6, 6.07) is 0. The molecule has 2 nitrogen and oxygen atoms in total. The summed E-state index contributed by atoms with van der Waals surface area (Å²) >= 11 is 0. The van der Waals surface area contributed by atoms with E-state index < -0.39 is 11.7 Å². The first kappa shape index (κ1) is 15.4. The Morgan fingerprint density at radius 2 is 1.81 bits per heavy atom. The quantitative estimate of drug-likeness (QED) is 0.663. The first-order chi connectivity index (χ1) is 7.36. The largest absolute Gasteiger partial charge is 0.412 e. The second-order valence-corrected chi connectivity index (χ2v) is 3.53. The number of ether oxygens (including phenoxy) is 2. The van der Waals surface area contributed by atoms with E-state index in [1.165, 1.54) is 27.2 Å². The SMILES string of the molecule is CC/C(=C\C[C@@H](OC)C(C)OC)C(F)(F)F. The highest BCUT2D eigenvalue weighted by molar-refractivity contribution is 5.08. The summed E-state index contributed by atoms with van der Waals surface area (Å²) in [7, 11) is 2.97. The van der Waals surface area contributed by atoms with Crippen molar-refractivity contribution in [2.45, 2.75) is 45.1 Å². The molecule has 2 atom stereocenters. The molecule has 0 aromatic carbocycles. The number of hydrogen-bond donors (Lipinski definition) is 0. The van der Waals surface area contributed by atoms with Gasteiger partial charge in [0.2, 0.25) is 0 Å². The van der Waals surface area contributed by atoms with Gasteiger partial charge in [-0.25, -0.2) is 0 Å². The minimum absolute atomic E-state index is 0.0265. The number of methoxy groups -OCH3 is 2. The molecule has 0 saturated heterocycles. The first-order valence-corrected chi connectivity index (χ1v) is 5.18. The van der Waals surface area contributed by atoms with E-state index in [0.29, 0.717) is 0 Å². The average Bonchev–Trinajstić information content (AvgIpc) is 2.21. The van der Waals surface area contributed by atoms with Gasteiger partial charge in [-0.3, -0.25) is 0 Å². The molecule has 0 aliphatic heterocycles. The lowest BCUT2D eigenvalue weighted by Crippen LogP contribution is -2.26. The predicted octanol–water partition coefficient (Wildman–Crippen LogP) is 3.33. The van der Waals surface area contributed by atoms with Crippen LogP contribution in [0.2, 0.25) is 0 Å². The van der Waals surface area contributed by atoms with Crippen molar-refractivity contribution in [1.29, 1.82) is 0 Å². The Bertz CT molecular complexity index is 224. The zero-order valence-electron chi connectivity index (χ0n) is 10.1. The summed E-state index contributed by atoms with van der Waals surface area (Å²) in [5, 5.41) is 0. The van der Waals surface area contributed by atoms with Crippen LogP contribution in [0.3, 0.4) is 0 Å². The molecule has 0 fully saturated rings. The fourth-order valence-electron chi connectivity index (χ4n) is 1.35. The highest BCUT2D eigenvalue weighted by Crippen LogP contribution is 2.28. The van der Waals surface area contributed by atoms with Gasteiger partial charge in [-0.05, 0) is 19.8 Å². The van der Waals surface area contributed by atoms with Crippen LogP contribution in [0.1, 0.15) is 26.7 Å². The van der Waals surface area contributed by atoms with Crippen LogP contribution in [0.25, 0.3) is 0 Å². The Morgan fingerprint density at radius 3 is 2.12 bits per heavy atom. The van der Waals surface area contributed by atoms with Crippen molar-refractivity contribution >= 4 is 0 Å². The van der Waals surface area contributed by atoms with Gasteiger partial charge in [-0.15, -0.1) is 0 Å². The lowest BCUT2D eigenvalue weighted by atomic mass is 10.1. The van der Waals surface area contributed by atoms with E-state index in [4.69, 9.17) is 9.47 Å². The summed E-state index contributed by atoms with van der Waals surface area (Å²) in [5.74, 6) is 0. The van der Waals surface area contributed by atoms with Crippen LogP contribution < -0.4 is 0 Å². The Hall–Kier alpha value is -0.550. The second-order valence-electron chi connectivity index (χ2n) is 3.53. The molecular formula is C11H19F3O2. The van der Waals surface area contributed by atoms with E-state index in [-0.39, 0.29) is 25.0 Å². The number of alkyl halides is 3. The smallest absolute Gasteiger partial charge is 0.379 e. The lowest BCUT2D eigenvalue weighted by Gasteiger charge is -2.20. The number of allylic oxidation sites excluding steroid dienone is 1. The molecule has 16 heavy (non-hydrogen) atoms. The maximum absolute atomic E-state index is 12.4. The van der Waals surface area contributed by atoms with Gasteiger partial charge in [0.1, 0.15) is 0 Å². The van der Waals surface area contributed by atoms with Gasteiger partial charge in [0, 0.05) is 19.8 Å². The zero-order chi connectivity index (χ0) is 12.8. The van der Waals surface area contributed by atoms with E-state index >= 15 is 0 Å². The van der Waals surface area contributed by atoms with Crippen LogP contribution in [0.15, 0.2) is 11.6 Å². The summed E-state index contributed by atoms with van der Waals surface area (Å²) in [5.41, 5.74) is -0.516. The van der Waals surface area contributed by atoms with E-state index in [0.717, 1.165) is 0 Å². The Labute approximate surface area is 94.4 Å². The van der Waals surface area contributed by atoms with Crippen molar-refractivity contribution in [1.82, 2.24) is 0 Å². The van der Waals surface area contributed by atoms with Gasteiger partial charge in [0.15, 0.2) is 0 Å². The highest BCUT2D eigenvalue weighted by Gasteiger charge is 2.32. The molecule has 0 radical (unpaired) electrons. The summed E-state index contributed by atoms with van der Waals surface area (Å²) in [4.78, 5) is 0. The normalized spacial score (nSPS) is 17.3. The monoisotopic (exact) mass is 240 g/mol. The Balaban J connectivity index is 4.52. The van der Waals surface area contributed by atoms with Crippen molar-refractivity contribution in [2.24, 2.45) is 0 Å². The number of hydrogen-bond acceptors (Lipinski definition) is 2. The summed E-state index contributed by atoms with van der Waals surface area (Å²) in [6.07, 6.45) is -3.47. The van der Waals surface area contributed by atoms with Crippen molar-refractivity contribution in [2.75, 3.05) is 14.2 Å². The van der Waals surface area contributed by atoms with Gasteiger partial charge >= 0.3 is 6.18 Å². The molecule has 96 valence electrons. The van der Waals surface area contributed by atoms with Crippen LogP contribution in [0.5, 0.6) is 0 Å². The average molecular weight is 240 g/mol. The van der Waals surface area contributed by atoms with Gasteiger partial charge in [0.05, 0.1) is 12.2 Å². The molecule has 0 saturated carbocycles. The van der Waals surface area contributed by atoms with Gasteiger partial charge in [-0.1, -0.05) is 13.0 Å². The molecule has 0 bridgehead atoms. The molecule has 0 heterocycles. The molecule has 0 N–H and O–H groups in total. The molecule has 0 aliphatic rings. The third kappa shape index (κ3) is 4.99. The van der Waals surface area contributed by atoms with Gasteiger partial charge in [0.25, 0.3) is 0 Å². The standard InChI is InChI=1S/C11H19F3O2/c1-5-9(11(12,13)14)6-7-10(16-4)8(2)15-3/h6,8,10H,5,7H2,1-4H3/b9-6+/t8?,10-/m1/s1. The van der Waals surface area contributed by atoms with Crippen molar-refractivity contribution in [3.05, 3.63) is 11.6 Å². The molecule has 0 aromatic heterocycles. The third-order valence-electron chi connectivity index (χ3n) is 2.54. The third-order valence-corrected chi connectivity index (χ3v) is 2.54. The number of rotatable bonds is 6.